The van der Waals surface area contributed by atoms with Crippen molar-refractivity contribution in [3.8, 4) is 0 Å². The Morgan fingerprint density at radius 1 is 0.773 bits per heavy atom. The van der Waals surface area contributed by atoms with Crippen LogP contribution in [0.15, 0.2) is 51.3 Å². The Hall–Kier alpha value is -2.22. The van der Waals surface area contributed by atoms with Crippen LogP contribution in [0.2, 0.25) is 0 Å². The van der Waals surface area contributed by atoms with Crippen LogP contribution in [0.3, 0.4) is 0 Å². The molecule has 0 N–H and O–H groups in total. The highest BCUT2D eigenvalue weighted by Gasteiger charge is 2.13. The molecule has 0 aliphatic heterocycles. The van der Waals surface area contributed by atoms with Gasteiger partial charge in [-0.3, -0.25) is 0 Å². The Morgan fingerprint density at radius 3 is 2.50 bits per heavy atom. The third-order valence-corrected chi connectivity index (χ3v) is 4.37. The zero-order valence-electron chi connectivity index (χ0n) is 12.9. The van der Waals surface area contributed by atoms with Crippen molar-refractivity contribution in [2.24, 2.45) is 0 Å². The van der Waals surface area contributed by atoms with Crippen LogP contribution in [-0.4, -0.2) is 0 Å². The maximum absolute atomic E-state index is 6.03. The Kier molecular flexibility index (Phi) is 3.38. The summed E-state index contributed by atoms with van der Waals surface area (Å²) in [6.45, 7) is 2.24. The summed E-state index contributed by atoms with van der Waals surface area (Å²) >= 11 is 0. The van der Waals surface area contributed by atoms with Crippen molar-refractivity contribution >= 4 is 32.9 Å². The molecule has 2 heterocycles. The van der Waals surface area contributed by atoms with Crippen LogP contribution in [0.1, 0.15) is 38.4 Å². The lowest BCUT2D eigenvalue weighted by Crippen LogP contribution is -1.81. The molecule has 0 spiro atoms. The number of aryl methyl sites for hydroxylation is 1. The maximum atomic E-state index is 6.03. The van der Waals surface area contributed by atoms with Gasteiger partial charge in [0.25, 0.3) is 0 Å². The minimum Gasteiger partial charge on any atom is -0.461 e. The lowest BCUT2D eigenvalue weighted by Gasteiger charge is -1.95. The molecular weight excluding hydrogens is 272 g/mol. The van der Waals surface area contributed by atoms with Gasteiger partial charge in [0.1, 0.15) is 22.5 Å². The first-order valence-electron chi connectivity index (χ1n) is 8.19. The van der Waals surface area contributed by atoms with E-state index in [1.807, 2.05) is 24.3 Å². The van der Waals surface area contributed by atoms with E-state index in [0.717, 1.165) is 28.9 Å². The normalized spacial score (nSPS) is 11.9. The van der Waals surface area contributed by atoms with Gasteiger partial charge in [0.2, 0.25) is 0 Å². The molecule has 2 aromatic carbocycles. The van der Waals surface area contributed by atoms with Gasteiger partial charge in [0, 0.05) is 22.6 Å². The lowest BCUT2D eigenvalue weighted by atomic mass is 10.1. The minimum atomic E-state index is 0.937. The van der Waals surface area contributed by atoms with Crippen molar-refractivity contribution < 1.29 is 8.83 Å². The number of hydrogen-bond acceptors (Lipinski definition) is 2. The summed E-state index contributed by atoms with van der Waals surface area (Å²) in [5, 5.41) is 3.52. The van der Waals surface area contributed by atoms with E-state index in [2.05, 4.69) is 25.1 Å². The lowest BCUT2D eigenvalue weighted by molar-refractivity contribution is 0.527. The first-order valence-corrected chi connectivity index (χ1v) is 8.19. The number of fused-ring (bicyclic) bond motifs is 5. The summed E-state index contributed by atoms with van der Waals surface area (Å²) in [5.74, 6) is 1.09. The predicted molar refractivity (Wildman–Crippen MR) is 91.3 cm³/mol. The second-order valence-electron chi connectivity index (χ2n) is 5.97. The van der Waals surface area contributed by atoms with Gasteiger partial charge in [0.05, 0.1) is 0 Å². The molecule has 112 valence electrons. The zero-order valence-corrected chi connectivity index (χ0v) is 12.9. The van der Waals surface area contributed by atoms with Crippen LogP contribution in [0.5, 0.6) is 0 Å². The molecule has 2 heteroatoms. The molecule has 0 radical (unpaired) electrons. The first kappa shape index (κ1) is 13.4. The van der Waals surface area contributed by atoms with Crippen LogP contribution in [0.4, 0.5) is 0 Å². The van der Waals surface area contributed by atoms with E-state index < -0.39 is 0 Å². The third kappa shape index (κ3) is 2.19. The number of furan rings is 2. The number of unbranched alkanes of at least 4 members (excludes halogenated alkanes) is 3. The highest BCUT2D eigenvalue weighted by atomic mass is 16.3. The fourth-order valence-electron chi connectivity index (χ4n) is 3.24. The quantitative estimate of drug-likeness (QED) is 0.395. The third-order valence-electron chi connectivity index (χ3n) is 4.37. The number of para-hydroxylation sites is 1. The van der Waals surface area contributed by atoms with Gasteiger partial charge in [0.15, 0.2) is 0 Å². The van der Waals surface area contributed by atoms with Crippen LogP contribution < -0.4 is 0 Å². The summed E-state index contributed by atoms with van der Waals surface area (Å²) in [4.78, 5) is 0. The van der Waals surface area contributed by atoms with E-state index in [0.29, 0.717) is 0 Å². The maximum Gasteiger partial charge on any atom is 0.136 e. The number of hydrogen-bond donors (Lipinski definition) is 0. The van der Waals surface area contributed by atoms with Gasteiger partial charge < -0.3 is 8.83 Å². The van der Waals surface area contributed by atoms with Gasteiger partial charge in [-0.15, -0.1) is 0 Å². The van der Waals surface area contributed by atoms with Crippen molar-refractivity contribution in [3.05, 3.63) is 48.2 Å². The molecule has 0 fully saturated rings. The predicted octanol–water partition coefficient (Wildman–Crippen LogP) is 6.46. The van der Waals surface area contributed by atoms with Crippen LogP contribution in [0, 0.1) is 0 Å². The van der Waals surface area contributed by atoms with E-state index in [1.54, 1.807) is 0 Å². The summed E-state index contributed by atoms with van der Waals surface area (Å²) in [6.07, 6.45) is 6.06. The Morgan fingerprint density at radius 2 is 1.59 bits per heavy atom. The van der Waals surface area contributed by atoms with Gasteiger partial charge >= 0.3 is 0 Å². The van der Waals surface area contributed by atoms with E-state index in [9.17, 15) is 0 Å². The first-order chi connectivity index (χ1) is 10.9. The molecule has 4 aromatic rings. The van der Waals surface area contributed by atoms with E-state index in [-0.39, 0.29) is 0 Å². The summed E-state index contributed by atoms with van der Waals surface area (Å²) in [7, 11) is 0. The van der Waals surface area contributed by atoms with Crippen LogP contribution in [-0.2, 0) is 6.42 Å². The topological polar surface area (TPSA) is 26.3 Å². The second-order valence-corrected chi connectivity index (χ2v) is 5.97. The highest BCUT2D eigenvalue weighted by Crippen LogP contribution is 2.36. The van der Waals surface area contributed by atoms with E-state index in [1.165, 1.54) is 41.8 Å². The van der Waals surface area contributed by atoms with Crippen molar-refractivity contribution in [1.82, 2.24) is 0 Å². The van der Waals surface area contributed by atoms with E-state index >= 15 is 0 Å². The average molecular weight is 292 g/mol. The Bertz CT molecular complexity index is 927. The van der Waals surface area contributed by atoms with Crippen LogP contribution >= 0.6 is 0 Å². The summed E-state index contributed by atoms with van der Waals surface area (Å²) in [6, 6.07) is 14.4. The fourth-order valence-corrected chi connectivity index (χ4v) is 3.24. The van der Waals surface area contributed by atoms with E-state index in [4.69, 9.17) is 8.83 Å². The largest absolute Gasteiger partial charge is 0.461 e. The second kappa shape index (κ2) is 5.53. The van der Waals surface area contributed by atoms with Crippen molar-refractivity contribution in [2.75, 3.05) is 0 Å². The molecule has 0 aliphatic carbocycles. The molecule has 22 heavy (non-hydrogen) atoms. The average Bonchev–Trinajstić information content (AvgIpc) is 3.11. The van der Waals surface area contributed by atoms with Crippen molar-refractivity contribution in [2.45, 2.75) is 39.0 Å². The number of rotatable bonds is 5. The molecule has 0 unspecified atom stereocenters. The zero-order chi connectivity index (χ0) is 14.9. The van der Waals surface area contributed by atoms with Gasteiger partial charge in [-0.05, 0) is 30.7 Å². The van der Waals surface area contributed by atoms with Gasteiger partial charge in [-0.1, -0.05) is 44.4 Å². The SMILES string of the molecule is CCCCCCc1cc2c(ccc3oc4ccccc4c32)o1. The fraction of sp³-hybridized carbons (Fsp3) is 0.300. The molecule has 2 nitrogen and oxygen atoms in total. The molecule has 0 atom stereocenters. The number of benzene rings is 2. The monoisotopic (exact) mass is 292 g/mol. The molecule has 0 saturated heterocycles. The molecule has 0 saturated carbocycles. The smallest absolute Gasteiger partial charge is 0.136 e. The molecule has 4 rings (SSSR count). The van der Waals surface area contributed by atoms with Gasteiger partial charge in [-0.2, -0.15) is 0 Å². The minimum absolute atomic E-state index is 0.937. The summed E-state index contributed by atoms with van der Waals surface area (Å²) < 4.78 is 12.0. The standard InChI is InChI=1S/C20H20O2/c1-2-3-4-5-8-14-13-16-18(21-14)11-12-19-20(16)15-9-6-7-10-17(15)22-19/h6-7,9-13H,2-5,8H2,1H3. The molecule has 0 aliphatic rings. The summed E-state index contributed by atoms with van der Waals surface area (Å²) in [5.41, 5.74) is 2.84. The van der Waals surface area contributed by atoms with Crippen molar-refractivity contribution in [3.63, 3.8) is 0 Å². The molecule has 2 aromatic heterocycles. The van der Waals surface area contributed by atoms with Gasteiger partial charge in [-0.25, -0.2) is 0 Å². The highest BCUT2D eigenvalue weighted by molar-refractivity contribution is 6.17. The molecule has 0 bridgehead atoms. The van der Waals surface area contributed by atoms with Crippen molar-refractivity contribution in [1.29, 1.82) is 0 Å². The van der Waals surface area contributed by atoms with Crippen LogP contribution in [0.25, 0.3) is 32.9 Å². The molecular formula is C20H20O2. The Labute approximate surface area is 129 Å². The molecule has 0 amide bonds. The Balaban J connectivity index is 1.79.